The van der Waals surface area contributed by atoms with Crippen LogP contribution in [0.25, 0.3) is 0 Å². The highest BCUT2D eigenvalue weighted by molar-refractivity contribution is 7.14. The number of thiophene rings is 1. The van der Waals surface area contributed by atoms with Crippen LogP contribution in [0.15, 0.2) is 12.1 Å². The van der Waals surface area contributed by atoms with E-state index in [2.05, 4.69) is 5.32 Å². The summed E-state index contributed by atoms with van der Waals surface area (Å²) in [4.78, 5) is 27.3. The largest absolute Gasteiger partial charge is 0.353 e. The Balaban J connectivity index is 2.01. The molecule has 0 spiro atoms. The summed E-state index contributed by atoms with van der Waals surface area (Å²) in [5.41, 5.74) is 0. The third kappa shape index (κ3) is 2.73. The second kappa shape index (κ2) is 4.98. The molecule has 1 amide bonds. The fraction of sp³-hybridized carbons (Fsp3) is 0.500. The highest BCUT2D eigenvalue weighted by Gasteiger charge is 2.27. The first-order chi connectivity index (χ1) is 8.08. The predicted molar refractivity (Wildman–Crippen MR) is 67.4 cm³/mol. The number of nitrogens with one attached hydrogen (secondary N) is 1. The van der Waals surface area contributed by atoms with E-state index in [4.69, 9.17) is 0 Å². The van der Waals surface area contributed by atoms with Crippen LogP contribution in [0.1, 0.15) is 21.5 Å². The number of amides is 1. The molecule has 1 aliphatic rings. The van der Waals surface area contributed by atoms with Crippen molar-refractivity contribution in [3.63, 3.8) is 0 Å². The van der Waals surface area contributed by atoms with Crippen molar-refractivity contribution in [2.75, 3.05) is 19.6 Å². The molecular formula is C12H16N2O2S. The minimum Gasteiger partial charge on any atom is -0.353 e. The third-order valence-electron chi connectivity index (χ3n) is 2.99. The van der Waals surface area contributed by atoms with Gasteiger partial charge in [0.05, 0.1) is 17.5 Å². The van der Waals surface area contributed by atoms with Gasteiger partial charge in [-0.05, 0) is 26.0 Å². The molecule has 0 aromatic carbocycles. The van der Waals surface area contributed by atoms with Gasteiger partial charge in [0, 0.05) is 18.0 Å². The summed E-state index contributed by atoms with van der Waals surface area (Å²) in [5.74, 6) is 0.107. The van der Waals surface area contributed by atoms with E-state index in [1.165, 1.54) is 11.3 Å². The summed E-state index contributed by atoms with van der Waals surface area (Å²) in [6, 6.07) is 3.59. The molecule has 2 heterocycles. The van der Waals surface area contributed by atoms with Gasteiger partial charge >= 0.3 is 0 Å². The highest BCUT2D eigenvalue weighted by Crippen LogP contribution is 2.16. The van der Waals surface area contributed by atoms with Crippen molar-refractivity contribution < 1.29 is 9.59 Å². The standard InChI is InChI=1S/C12H16N2O2S/c1-8-3-4-11(17-8)10(15)7-14-6-5-13-12(16)9(14)2/h3-4,9H,5-7H2,1-2H3,(H,13,16). The van der Waals surface area contributed by atoms with Gasteiger partial charge in [-0.3, -0.25) is 14.5 Å². The molecule has 92 valence electrons. The molecule has 1 aromatic heterocycles. The topological polar surface area (TPSA) is 49.4 Å². The molecular weight excluding hydrogens is 236 g/mol. The molecule has 1 aliphatic heterocycles. The van der Waals surface area contributed by atoms with Gasteiger partial charge in [0.2, 0.25) is 5.91 Å². The number of Topliss-reactive ketones (excluding diaryl/α,β-unsaturated/α-hetero) is 1. The summed E-state index contributed by atoms with van der Waals surface area (Å²) >= 11 is 1.51. The Morgan fingerprint density at radius 2 is 2.35 bits per heavy atom. The van der Waals surface area contributed by atoms with E-state index in [-0.39, 0.29) is 17.7 Å². The van der Waals surface area contributed by atoms with Crippen molar-refractivity contribution in [3.05, 3.63) is 21.9 Å². The van der Waals surface area contributed by atoms with Gasteiger partial charge < -0.3 is 5.32 Å². The first kappa shape index (κ1) is 12.3. The molecule has 2 rings (SSSR count). The summed E-state index contributed by atoms with van der Waals surface area (Å²) in [5, 5.41) is 2.79. The van der Waals surface area contributed by atoms with Crippen LogP contribution in [-0.2, 0) is 4.79 Å². The Kier molecular flexibility index (Phi) is 3.59. The number of hydrogen-bond donors (Lipinski definition) is 1. The summed E-state index contributed by atoms with van der Waals surface area (Å²) in [6.45, 7) is 5.51. The SMILES string of the molecule is Cc1ccc(C(=O)CN2CCNC(=O)C2C)s1. The van der Waals surface area contributed by atoms with E-state index in [1.807, 2.05) is 30.9 Å². The van der Waals surface area contributed by atoms with Crippen LogP contribution in [0.3, 0.4) is 0 Å². The molecule has 0 aliphatic carbocycles. The molecule has 5 heteroatoms. The van der Waals surface area contributed by atoms with E-state index < -0.39 is 0 Å². The lowest BCUT2D eigenvalue weighted by Gasteiger charge is -2.31. The van der Waals surface area contributed by atoms with Gasteiger partial charge in [-0.15, -0.1) is 11.3 Å². The van der Waals surface area contributed by atoms with Crippen LogP contribution in [-0.4, -0.2) is 42.3 Å². The Hall–Kier alpha value is -1.20. The molecule has 1 atom stereocenters. The molecule has 1 unspecified atom stereocenters. The Morgan fingerprint density at radius 3 is 3.00 bits per heavy atom. The molecule has 1 fully saturated rings. The highest BCUT2D eigenvalue weighted by atomic mass is 32.1. The van der Waals surface area contributed by atoms with E-state index in [0.29, 0.717) is 13.1 Å². The number of hydrogen-bond acceptors (Lipinski definition) is 4. The number of aryl methyl sites for hydroxylation is 1. The monoisotopic (exact) mass is 252 g/mol. The maximum absolute atomic E-state index is 12.0. The van der Waals surface area contributed by atoms with Crippen LogP contribution < -0.4 is 5.32 Å². The van der Waals surface area contributed by atoms with Crippen LogP contribution in [0.4, 0.5) is 0 Å². The van der Waals surface area contributed by atoms with Crippen molar-refractivity contribution in [1.29, 1.82) is 0 Å². The van der Waals surface area contributed by atoms with Crippen LogP contribution in [0.2, 0.25) is 0 Å². The van der Waals surface area contributed by atoms with E-state index in [0.717, 1.165) is 16.3 Å². The molecule has 4 nitrogen and oxygen atoms in total. The van der Waals surface area contributed by atoms with Gasteiger partial charge in [-0.2, -0.15) is 0 Å². The van der Waals surface area contributed by atoms with Crippen molar-refractivity contribution in [3.8, 4) is 0 Å². The third-order valence-corrected chi connectivity index (χ3v) is 4.03. The zero-order valence-corrected chi connectivity index (χ0v) is 10.8. The first-order valence-corrected chi connectivity index (χ1v) is 6.51. The zero-order valence-electron chi connectivity index (χ0n) is 10.0. The predicted octanol–water partition coefficient (Wildman–Crippen LogP) is 1.06. The first-order valence-electron chi connectivity index (χ1n) is 5.69. The fourth-order valence-electron chi connectivity index (χ4n) is 1.89. The van der Waals surface area contributed by atoms with Crippen LogP contribution >= 0.6 is 11.3 Å². The second-order valence-electron chi connectivity index (χ2n) is 4.27. The average molecular weight is 252 g/mol. The Bertz CT molecular complexity index is 441. The van der Waals surface area contributed by atoms with Gasteiger partial charge in [-0.1, -0.05) is 0 Å². The van der Waals surface area contributed by atoms with Crippen molar-refractivity contribution in [2.45, 2.75) is 19.9 Å². The van der Waals surface area contributed by atoms with Crippen LogP contribution in [0.5, 0.6) is 0 Å². The Morgan fingerprint density at radius 1 is 1.59 bits per heavy atom. The van der Waals surface area contributed by atoms with Gasteiger partial charge in [0.25, 0.3) is 0 Å². The minimum absolute atomic E-state index is 0.00594. The summed E-state index contributed by atoms with van der Waals surface area (Å²) in [6.07, 6.45) is 0. The lowest BCUT2D eigenvalue weighted by molar-refractivity contribution is -0.127. The molecule has 0 radical (unpaired) electrons. The number of ketones is 1. The van der Waals surface area contributed by atoms with E-state index in [1.54, 1.807) is 0 Å². The van der Waals surface area contributed by atoms with E-state index in [9.17, 15) is 9.59 Å². The average Bonchev–Trinajstić information content (AvgIpc) is 2.72. The molecule has 1 N–H and O–H groups in total. The van der Waals surface area contributed by atoms with Crippen molar-refractivity contribution in [2.24, 2.45) is 0 Å². The number of carbonyl (C=O) groups excluding carboxylic acids is 2. The fourth-order valence-corrected chi connectivity index (χ4v) is 2.69. The number of carbonyl (C=O) groups is 2. The molecule has 0 saturated carbocycles. The van der Waals surface area contributed by atoms with Gasteiger partial charge in [0.15, 0.2) is 5.78 Å². The maximum atomic E-state index is 12.0. The number of piperazine rings is 1. The van der Waals surface area contributed by atoms with Crippen molar-refractivity contribution in [1.82, 2.24) is 10.2 Å². The smallest absolute Gasteiger partial charge is 0.237 e. The number of nitrogens with zero attached hydrogens (tertiary/aromatic N) is 1. The van der Waals surface area contributed by atoms with E-state index >= 15 is 0 Å². The summed E-state index contributed by atoms with van der Waals surface area (Å²) in [7, 11) is 0. The second-order valence-corrected chi connectivity index (χ2v) is 5.56. The van der Waals surface area contributed by atoms with Crippen molar-refractivity contribution >= 4 is 23.0 Å². The lowest BCUT2D eigenvalue weighted by atomic mass is 10.2. The number of rotatable bonds is 3. The van der Waals surface area contributed by atoms with Gasteiger partial charge in [-0.25, -0.2) is 0 Å². The van der Waals surface area contributed by atoms with Gasteiger partial charge in [0.1, 0.15) is 0 Å². The van der Waals surface area contributed by atoms with Crippen LogP contribution in [0, 0.1) is 6.92 Å². The molecule has 1 saturated heterocycles. The normalized spacial score (nSPS) is 21.3. The quantitative estimate of drug-likeness (QED) is 0.818. The molecule has 17 heavy (non-hydrogen) atoms. The maximum Gasteiger partial charge on any atom is 0.237 e. The minimum atomic E-state index is -0.214. The lowest BCUT2D eigenvalue weighted by Crippen LogP contribution is -2.54. The molecule has 1 aromatic rings. The zero-order chi connectivity index (χ0) is 12.4. The summed E-state index contributed by atoms with van der Waals surface area (Å²) < 4.78 is 0. The Labute approximate surface area is 105 Å². The molecule has 0 bridgehead atoms.